The summed E-state index contributed by atoms with van der Waals surface area (Å²) in [5, 5.41) is 35.9. The minimum Gasteiger partial charge on any atom is -0.494 e. The molecule has 6 heteroatoms. The van der Waals surface area contributed by atoms with Crippen LogP contribution in [0.1, 0.15) is 50.7 Å². The number of nitriles is 4. The van der Waals surface area contributed by atoms with Gasteiger partial charge in [0.1, 0.15) is 46.9 Å². The second kappa shape index (κ2) is 13.8. The summed E-state index contributed by atoms with van der Waals surface area (Å²) in [6, 6.07) is 22.4. The van der Waals surface area contributed by atoms with Crippen molar-refractivity contribution >= 4 is 11.1 Å². The van der Waals surface area contributed by atoms with Crippen LogP contribution in [0.15, 0.2) is 59.7 Å². The number of ether oxygens (including phenoxy) is 2. The van der Waals surface area contributed by atoms with Crippen molar-refractivity contribution < 1.29 is 9.47 Å². The summed E-state index contributed by atoms with van der Waals surface area (Å²) in [5.41, 5.74) is 3.22. The Kier molecular flexibility index (Phi) is 10.4. The fraction of sp³-hybridized carbons (Fsp3) is 0.286. The maximum Gasteiger partial charge on any atom is 0.133 e. The highest BCUT2D eigenvalue weighted by Crippen LogP contribution is 2.22. The zero-order valence-electron chi connectivity index (χ0n) is 19.5. The maximum atomic E-state index is 8.97. The lowest BCUT2D eigenvalue weighted by atomic mass is 10.0. The number of allylic oxidation sites excluding steroid dienone is 4. The molecule has 0 radical (unpaired) electrons. The molecule has 0 aliphatic carbocycles. The third-order valence-corrected chi connectivity index (χ3v) is 5.35. The molecule has 0 aromatic heterocycles. The van der Waals surface area contributed by atoms with Gasteiger partial charge in [-0.3, -0.25) is 0 Å². The standard InChI is InChI=1S/C28H26N4O2/c1-21(25(17-29)18-30)23-7-11-27(12-8-23)33-15-5-3-4-6-16-34-28-13-9-24(10-14-28)22(2)26(19-31)20-32/h7-14H,3-6,15-16H2,1-2H3. The van der Waals surface area contributed by atoms with E-state index in [0.29, 0.717) is 24.4 Å². The molecule has 0 saturated carbocycles. The third-order valence-electron chi connectivity index (χ3n) is 5.35. The number of hydrogen-bond donors (Lipinski definition) is 0. The zero-order valence-corrected chi connectivity index (χ0v) is 19.5. The van der Waals surface area contributed by atoms with Gasteiger partial charge in [-0.05, 0) is 86.1 Å². The molecule has 0 aliphatic heterocycles. The van der Waals surface area contributed by atoms with Gasteiger partial charge in [-0.15, -0.1) is 0 Å². The van der Waals surface area contributed by atoms with Gasteiger partial charge < -0.3 is 9.47 Å². The highest BCUT2D eigenvalue weighted by Gasteiger charge is 2.05. The van der Waals surface area contributed by atoms with Crippen molar-refractivity contribution in [3.05, 3.63) is 70.8 Å². The van der Waals surface area contributed by atoms with Gasteiger partial charge in [-0.1, -0.05) is 24.3 Å². The van der Waals surface area contributed by atoms with E-state index in [1.807, 2.05) is 72.8 Å². The molecule has 0 N–H and O–H groups in total. The van der Waals surface area contributed by atoms with Crippen molar-refractivity contribution in [1.29, 1.82) is 21.0 Å². The zero-order chi connectivity index (χ0) is 24.8. The van der Waals surface area contributed by atoms with E-state index in [9.17, 15) is 0 Å². The van der Waals surface area contributed by atoms with Crippen LogP contribution < -0.4 is 9.47 Å². The predicted molar refractivity (Wildman–Crippen MR) is 130 cm³/mol. The molecule has 0 atom stereocenters. The van der Waals surface area contributed by atoms with E-state index in [1.165, 1.54) is 0 Å². The molecular weight excluding hydrogens is 424 g/mol. The van der Waals surface area contributed by atoms with Crippen LogP contribution in [0.25, 0.3) is 11.1 Å². The first-order valence-electron chi connectivity index (χ1n) is 11.0. The fourth-order valence-electron chi connectivity index (χ4n) is 3.21. The lowest BCUT2D eigenvalue weighted by Gasteiger charge is -2.09. The van der Waals surface area contributed by atoms with Crippen molar-refractivity contribution in [3.63, 3.8) is 0 Å². The van der Waals surface area contributed by atoms with Crippen molar-refractivity contribution in [1.82, 2.24) is 0 Å². The molecular formula is C28H26N4O2. The summed E-state index contributed by atoms with van der Waals surface area (Å²) in [6.45, 7) is 4.77. The highest BCUT2D eigenvalue weighted by molar-refractivity contribution is 5.74. The summed E-state index contributed by atoms with van der Waals surface area (Å²) < 4.78 is 11.5. The minimum absolute atomic E-state index is 0.117. The Morgan fingerprint density at radius 3 is 1.18 bits per heavy atom. The molecule has 0 spiro atoms. The van der Waals surface area contributed by atoms with Gasteiger partial charge in [-0.2, -0.15) is 21.0 Å². The summed E-state index contributed by atoms with van der Waals surface area (Å²) in [4.78, 5) is 0. The number of benzene rings is 2. The first-order valence-corrected chi connectivity index (χ1v) is 11.0. The predicted octanol–water partition coefficient (Wildman–Crippen LogP) is 6.35. The largest absolute Gasteiger partial charge is 0.494 e. The molecule has 6 nitrogen and oxygen atoms in total. The number of hydrogen-bond acceptors (Lipinski definition) is 6. The van der Waals surface area contributed by atoms with E-state index in [4.69, 9.17) is 30.5 Å². The topological polar surface area (TPSA) is 114 Å². The molecule has 0 heterocycles. The highest BCUT2D eigenvalue weighted by atomic mass is 16.5. The van der Waals surface area contributed by atoms with Gasteiger partial charge in [0.05, 0.1) is 13.2 Å². The second-order valence-corrected chi connectivity index (χ2v) is 7.61. The van der Waals surface area contributed by atoms with Crippen LogP contribution in [-0.2, 0) is 0 Å². The van der Waals surface area contributed by atoms with E-state index in [2.05, 4.69) is 0 Å². The maximum absolute atomic E-state index is 8.97. The van der Waals surface area contributed by atoms with Crippen LogP contribution in [0.5, 0.6) is 11.5 Å². The molecule has 0 aliphatic rings. The second-order valence-electron chi connectivity index (χ2n) is 7.61. The number of rotatable bonds is 11. The van der Waals surface area contributed by atoms with Crippen molar-refractivity contribution in [3.8, 4) is 35.8 Å². The molecule has 0 unspecified atom stereocenters. The van der Waals surface area contributed by atoms with Crippen LogP contribution in [-0.4, -0.2) is 13.2 Å². The number of nitrogens with zero attached hydrogens (tertiary/aromatic N) is 4. The van der Waals surface area contributed by atoms with Gasteiger partial charge in [0, 0.05) is 0 Å². The lowest BCUT2D eigenvalue weighted by molar-refractivity contribution is 0.287. The Balaban J connectivity index is 1.65. The van der Waals surface area contributed by atoms with Gasteiger partial charge in [0.15, 0.2) is 0 Å². The molecule has 0 saturated heterocycles. The normalized spacial score (nSPS) is 9.47. The Morgan fingerprint density at radius 2 is 0.882 bits per heavy atom. The van der Waals surface area contributed by atoms with Crippen LogP contribution in [0.3, 0.4) is 0 Å². The molecule has 34 heavy (non-hydrogen) atoms. The molecule has 0 amide bonds. The van der Waals surface area contributed by atoms with E-state index in [0.717, 1.165) is 48.3 Å². The van der Waals surface area contributed by atoms with Crippen LogP contribution in [0, 0.1) is 45.3 Å². The van der Waals surface area contributed by atoms with Crippen LogP contribution in [0.4, 0.5) is 0 Å². The van der Waals surface area contributed by atoms with Crippen LogP contribution in [0.2, 0.25) is 0 Å². The summed E-state index contributed by atoms with van der Waals surface area (Å²) in [5.74, 6) is 1.53. The summed E-state index contributed by atoms with van der Waals surface area (Å²) in [7, 11) is 0. The van der Waals surface area contributed by atoms with Gasteiger partial charge in [-0.25, -0.2) is 0 Å². The Labute approximate surface area is 201 Å². The van der Waals surface area contributed by atoms with Gasteiger partial charge in [0.2, 0.25) is 0 Å². The molecule has 2 aromatic carbocycles. The van der Waals surface area contributed by atoms with Crippen molar-refractivity contribution in [2.75, 3.05) is 13.2 Å². The van der Waals surface area contributed by atoms with Crippen LogP contribution >= 0.6 is 0 Å². The molecule has 0 fully saturated rings. The van der Waals surface area contributed by atoms with Gasteiger partial charge in [0.25, 0.3) is 0 Å². The SMILES string of the molecule is CC(=C(C#N)C#N)c1ccc(OCCCCCCOc2ccc(C(C)=C(C#N)C#N)cc2)cc1. The summed E-state index contributed by atoms with van der Waals surface area (Å²) in [6.07, 6.45) is 3.94. The Morgan fingerprint density at radius 1 is 0.559 bits per heavy atom. The molecule has 2 aromatic rings. The van der Waals surface area contributed by atoms with Crippen molar-refractivity contribution in [2.45, 2.75) is 39.5 Å². The number of unbranched alkanes of at least 4 members (excludes halogenated alkanes) is 3. The molecule has 170 valence electrons. The van der Waals surface area contributed by atoms with E-state index in [1.54, 1.807) is 13.8 Å². The quantitative estimate of drug-likeness (QED) is 0.291. The Hall–Kier alpha value is -4.52. The van der Waals surface area contributed by atoms with E-state index < -0.39 is 0 Å². The molecule has 2 rings (SSSR count). The molecule has 0 bridgehead atoms. The average molecular weight is 451 g/mol. The van der Waals surface area contributed by atoms with E-state index >= 15 is 0 Å². The summed E-state index contributed by atoms with van der Waals surface area (Å²) >= 11 is 0. The Bertz CT molecular complexity index is 1070. The van der Waals surface area contributed by atoms with Gasteiger partial charge >= 0.3 is 0 Å². The average Bonchev–Trinajstić information content (AvgIpc) is 2.87. The van der Waals surface area contributed by atoms with Crippen molar-refractivity contribution in [2.24, 2.45) is 0 Å². The fourth-order valence-corrected chi connectivity index (χ4v) is 3.21. The van der Waals surface area contributed by atoms with E-state index in [-0.39, 0.29) is 11.1 Å². The first kappa shape index (κ1) is 25.7. The monoisotopic (exact) mass is 450 g/mol. The minimum atomic E-state index is 0.117. The third kappa shape index (κ3) is 7.56. The smallest absolute Gasteiger partial charge is 0.133 e. The lowest BCUT2D eigenvalue weighted by Crippen LogP contribution is -2.00. The first-order chi connectivity index (χ1) is 16.5.